The Hall–Kier alpha value is -3.66. The zero-order valence-corrected chi connectivity index (χ0v) is 17.2. The number of phenols is 1. The number of rotatable bonds is 6. The van der Waals surface area contributed by atoms with Crippen molar-refractivity contribution in [1.29, 1.82) is 5.26 Å². The highest BCUT2D eigenvalue weighted by molar-refractivity contribution is 6.01. The molecule has 7 nitrogen and oxygen atoms in total. The summed E-state index contributed by atoms with van der Waals surface area (Å²) in [5.41, 5.74) is 1.76. The van der Waals surface area contributed by atoms with Crippen LogP contribution in [0.25, 0.3) is 6.08 Å². The highest BCUT2D eigenvalue weighted by Crippen LogP contribution is 2.28. The molecule has 0 atom stereocenters. The molecule has 2 aromatic rings. The minimum atomic E-state index is -0.294. The van der Waals surface area contributed by atoms with E-state index in [-0.39, 0.29) is 17.2 Å². The van der Waals surface area contributed by atoms with E-state index in [4.69, 9.17) is 9.47 Å². The minimum absolute atomic E-state index is 0.0217. The molecule has 0 aromatic heterocycles. The summed E-state index contributed by atoms with van der Waals surface area (Å²) in [7, 11) is 1.63. The van der Waals surface area contributed by atoms with Crippen LogP contribution < -0.4 is 14.4 Å². The summed E-state index contributed by atoms with van der Waals surface area (Å²) >= 11 is 0. The van der Waals surface area contributed by atoms with Crippen molar-refractivity contribution in [2.45, 2.75) is 6.92 Å². The maximum Gasteiger partial charge on any atom is 0.264 e. The number of piperazine rings is 1. The zero-order chi connectivity index (χ0) is 21.5. The molecule has 0 saturated carbocycles. The Kier molecular flexibility index (Phi) is 6.81. The third kappa shape index (κ3) is 4.84. The second-order valence-electron chi connectivity index (χ2n) is 6.81. The molecule has 1 amide bonds. The highest BCUT2D eigenvalue weighted by atomic mass is 16.5. The van der Waals surface area contributed by atoms with E-state index in [1.165, 1.54) is 12.1 Å². The molecule has 1 aliphatic heterocycles. The first kappa shape index (κ1) is 21.1. The van der Waals surface area contributed by atoms with E-state index in [0.717, 1.165) is 11.4 Å². The van der Waals surface area contributed by atoms with Crippen molar-refractivity contribution in [3.63, 3.8) is 0 Å². The van der Waals surface area contributed by atoms with E-state index in [1.807, 2.05) is 37.3 Å². The standard InChI is InChI=1S/C23H25N3O4/c1-3-30-22-15-17(4-9-21(22)27)14-18(16-24)23(28)26-12-10-25(11-13-26)19-5-7-20(29-2)8-6-19/h4-9,14-15,27H,3,10-13H2,1-2H3/b18-14+. The van der Waals surface area contributed by atoms with Crippen LogP contribution in [0.3, 0.4) is 0 Å². The number of phenolic OH excluding ortho intramolecular Hbond substituents is 1. The van der Waals surface area contributed by atoms with E-state index >= 15 is 0 Å². The molecule has 3 rings (SSSR count). The van der Waals surface area contributed by atoms with Gasteiger partial charge in [0.2, 0.25) is 0 Å². The molecule has 0 spiro atoms. The van der Waals surface area contributed by atoms with Crippen LogP contribution in [0.15, 0.2) is 48.0 Å². The van der Waals surface area contributed by atoms with Crippen molar-refractivity contribution >= 4 is 17.7 Å². The van der Waals surface area contributed by atoms with Gasteiger partial charge in [-0.25, -0.2) is 0 Å². The fourth-order valence-electron chi connectivity index (χ4n) is 3.33. The zero-order valence-electron chi connectivity index (χ0n) is 17.2. The summed E-state index contributed by atoms with van der Waals surface area (Å²) in [6.07, 6.45) is 1.53. The van der Waals surface area contributed by atoms with Crippen molar-refractivity contribution < 1.29 is 19.4 Å². The van der Waals surface area contributed by atoms with E-state index in [0.29, 0.717) is 44.1 Å². The summed E-state index contributed by atoms with van der Waals surface area (Å²) < 4.78 is 10.6. The smallest absolute Gasteiger partial charge is 0.264 e. The van der Waals surface area contributed by atoms with Crippen LogP contribution in [0.1, 0.15) is 12.5 Å². The second kappa shape index (κ2) is 9.70. The van der Waals surface area contributed by atoms with Crippen LogP contribution in [0.5, 0.6) is 17.2 Å². The summed E-state index contributed by atoms with van der Waals surface area (Å²) in [6, 6.07) is 14.6. The van der Waals surface area contributed by atoms with Gasteiger partial charge in [0.1, 0.15) is 17.4 Å². The van der Waals surface area contributed by atoms with Gasteiger partial charge in [-0.2, -0.15) is 5.26 Å². The van der Waals surface area contributed by atoms with Crippen molar-refractivity contribution in [2.75, 3.05) is 44.8 Å². The topological polar surface area (TPSA) is 86.0 Å². The van der Waals surface area contributed by atoms with Crippen molar-refractivity contribution in [3.8, 4) is 23.3 Å². The van der Waals surface area contributed by atoms with E-state index < -0.39 is 0 Å². The Morgan fingerprint density at radius 2 is 1.87 bits per heavy atom. The van der Waals surface area contributed by atoms with Gasteiger partial charge in [0.25, 0.3) is 5.91 Å². The van der Waals surface area contributed by atoms with Gasteiger partial charge in [-0.15, -0.1) is 0 Å². The number of methoxy groups -OCH3 is 1. The second-order valence-corrected chi connectivity index (χ2v) is 6.81. The van der Waals surface area contributed by atoms with Crippen molar-refractivity contribution in [3.05, 3.63) is 53.6 Å². The predicted molar refractivity (Wildman–Crippen MR) is 115 cm³/mol. The first-order valence-electron chi connectivity index (χ1n) is 9.81. The number of nitrogens with zero attached hydrogens (tertiary/aromatic N) is 3. The minimum Gasteiger partial charge on any atom is -0.504 e. The fourth-order valence-corrected chi connectivity index (χ4v) is 3.33. The molecule has 1 aliphatic rings. The van der Waals surface area contributed by atoms with Crippen LogP contribution >= 0.6 is 0 Å². The number of nitriles is 1. The average Bonchev–Trinajstić information content (AvgIpc) is 2.79. The third-order valence-electron chi connectivity index (χ3n) is 4.95. The molecule has 1 N–H and O–H groups in total. The van der Waals surface area contributed by atoms with Crippen LogP contribution in [0, 0.1) is 11.3 Å². The van der Waals surface area contributed by atoms with Gasteiger partial charge in [0.05, 0.1) is 13.7 Å². The van der Waals surface area contributed by atoms with Crippen LogP contribution in [0.2, 0.25) is 0 Å². The molecule has 1 heterocycles. The molecule has 156 valence electrons. The number of carbonyl (C=O) groups is 1. The number of ether oxygens (including phenoxy) is 2. The number of benzene rings is 2. The Morgan fingerprint density at radius 1 is 1.17 bits per heavy atom. The Balaban J connectivity index is 1.67. The van der Waals surface area contributed by atoms with Gasteiger partial charge >= 0.3 is 0 Å². The van der Waals surface area contributed by atoms with Gasteiger partial charge in [-0.3, -0.25) is 4.79 Å². The quantitative estimate of drug-likeness (QED) is 0.585. The molecular formula is C23H25N3O4. The molecule has 7 heteroatoms. The Bertz CT molecular complexity index is 955. The number of hydrogen-bond donors (Lipinski definition) is 1. The first-order valence-corrected chi connectivity index (χ1v) is 9.81. The van der Waals surface area contributed by atoms with Gasteiger partial charge in [-0.1, -0.05) is 6.07 Å². The molecule has 0 bridgehead atoms. The lowest BCUT2D eigenvalue weighted by atomic mass is 10.1. The van der Waals surface area contributed by atoms with Crippen molar-refractivity contribution in [2.24, 2.45) is 0 Å². The number of carbonyl (C=O) groups excluding carboxylic acids is 1. The maximum atomic E-state index is 12.9. The molecular weight excluding hydrogens is 382 g/mol. The molecule has 1 saturated heterocycles. The van der Waals surface area contributed by atoms with Gasteiger partial charge < -0.3 is 24.4 Å². The van der Waals surface area contributed by atoms with Gasteiger partial charge in [0.15, 0.2) is 11.5 Å². The summed E-state index contributed by atoms with van der Waals surface area (Å²) in [4.78, 5) is 16.8. The monoisotopic (exact) mass is 407 g/mol. The molecule has 30 heavy (non-hydrogen) atoms. The fraction of sp³-hybridized carbons (Fsp3) is 0.304. The van der Waals surface area contributed by atoms with Crippen LogP contribution in [-0.4, -0.2) is 55.8 Å². The van der Waals surface area contributed by atoms with Crippen LogP contribution in [-0.2, 0) is 4.79 Å². The summed E-state index contributed by atoms with van der Waals surface area (Å²) in [5.74, 6) is 0.855. The van der Waals surface area contributed by atoms with Gasteiger partial charge in [0, 0.05) is 31.9 Å². The normalized spacial score (nSPS) is 14.2. The van der Waals surface area contributed by atoms with E-state index in [1.54, 1.807) is 24.1 Å². The lowest BCUT2D eigenvalue weighted by Gasteiger charge is -2.36. The summed E-state index contributed by atoms with van der Waals surface area (Å²) in [5, 5.41) is 19.3. The Morgan fingerprint density at radius 3 is 2.47 bits per heavy atom. The highest BCUT2D eigenvalue weighted by Gasteiger charge is 2.24. The largest absolute Gasteiger partial charge is 0.504 e. The molecule has 1 fully saturated rings. The number of amides is 1. The number of aromatic hydroxyl groups is 1. The van der Waals surface area contributed by atoms with Gasteiger partial charge in [-0.05, 0) is 55.0 Å². The summed E-state index contributed by atoms with van der Waals surface area (Å²) in [6.45, 7) is 4.66. The van der Waals surface area contributed by atoms with E-state index in [2.05, 4.69) is 4.90 Å². The van der Waals surface area contributed by atoms with Crippen molar-refractivity contribution in [1.82, 2.24) is 4.90 Å². The first-order chi connectivity index (χ1) is 14.5. The van der Waals surface area contributed by atoms with Crippen LogP contribution in [0.4, 0.5) is 5.69 Å². The molecule has 0 aliphatic carbocycles. The molecule has 0 radical (unpaired) electrons. The van der Waals surface area contributed by atoms with E-state index in [9.17, 15) is 15.2 Å². The lowest BCUT2D eigenvalue weighted by molar-refractivity contribution is -0.126. The molecule has 0 unspecified atom stereocenters. The average molecular weight is 407 g/mol. The predicted octanol–water partition coefficient (Wildman–Crippen LogP) is 3.06. The number of hydrogen-bond acceptors (Lipinski definition) is 6. The Labute approximate surface area is 176 Å². The SMILES string of the molecule is CCOc1cc(/C=C(\C#N)C(=O)N2CCN(c3ccc(OC)cc3)CC2)ccc1O. The maximum absolute atomic E-state index is 12.9. The molecule has 2 aromatic carbocycles. The lowest BCUT2D eigenvalue weighted by Crippen LogP contribution is -2.49. The number of anilines is 1. The third-order valence-corrected chi connectivity index (χ3v) is 4.95.